The molecule has 4 nitrogen and oxygen atoms in total. The van der Waals surface area contributed by atoms with Gasteiger partial charge >= 0.3 is 0 Å². The molecule has 4 heteroatoms. The molecule has 1 amide bonds. The van der Waals surface area contributed by atoms with Crippen LogP contribution in [0.1, 0.15) is 52.9 Å². The molecular weight excluding hydrogens is 228 g/mol. The van der Waals surface area contributed by atoms with Gasteiger partial charge < -0.3 is 16.2 Å². The number of nitrogens with two attached hydrogens (primary N) is 1. The first-order valence-corrected chi connectivity index (χ1v) is 7.01. The summed E-state index contributed by atoms with van der Waals surface area (Å²) < 4.78 is 0. The maximum atomic E-state index is 12.0. The number of rotatable bonds is 4. The Morgan fingerprint density at radius 3 is 2.56 bits per heavy atom. The zero-order valence-corrected chi connectivity index (χ0v) is 11.9. The van der Waals surface area contributed by atoms with Crippen molar-refractivity contribution in [1.82, 2.24) is 5.32 Å². The molecule has 3 unspecified atom stereocenters. The van der Waals surface area contributed by atoms with Gasteiger partial charge in [0.15, 0.2) is 0 Å². The average Bonchev–Trinajstić information content (AvgIpc) is 2.24. The highest BCUT2D eigenvalue weighted by Gasteiger charge is 2.28. The van der Waals surface area contributed by atoms with Crippen molar-refractivity contribution >= 4 is 5.91 Å². The third kappa shape index (κ3) is 5.36. The molecule has 0 aromatic rings. The van der Waals surface area contributed by atoms with Crippen LogP contribution >= 0.6 is 0 Å². The molecule has 1 aliphatic rings. The van der Waals surface area contributed by atoms with Gasteiger partial charge in [0.25, 0.3) is 0 Å². The van der Waals surface area contributed by atoms with E-state index in [2.05, 4.69) is 26.1 Å². The smallest absolute Gasteiger partial charge is 0.224 e. The number of nitrogens with one attached hydrogen (secondary N) is 1. The van der Waals surface area contributed by atoms with Gasteiger partial charge in [0, 0.05) is 12.6 Å². The van der Waals surface area contributed by atoms with E-state index in [1.807, 2.05) is 0 Å². The van der Waals surface area contributed by atoms with Crippen LogP contribution in [0.5, 0.6) is 0 Å². The lowest BCUT2D eigenvalue weighted by molar-refractivity contribution is -0.127. The lowest BCUT2D eigenvalue weighted by Crippen LogP contribution is -2.45. The van der Waals surface area contributed by atoms with Crippen LogP contribution in [-0.2, 0) is 4.79 Å². The second-order valence-electron chi connectivity index (χ2n) is 6.72. The average molecular weight is 256 g/mol. The molecule has 0 spiro atoms. The summed E-state index contributed by atoms with van der Waals surface area (Å²) in [6.07, 6.45) is 4.22. The fourth-order valence-electron chi connectivity index (χ4n) is 2.61. The van der Waals surface area contributed by atoms with Crippen LogP contribution in [0.4, 0.5) is 0 Å². The normalized spacial score (nSPS) is 26.7. The van der Waals surface area contributed by atoms with Gasteiger partial charge in [0.05, 0.1) is 12.0 Å². The van der Waals surface area contributed by atoms with Crippen molar-refractivity contribution in [3.05, 3.63) is 0 Å². The van der Waals surface area contributed by atoms with Gasteiger partial charge in [-0.2, -0.15) is 0 Å². The predicted molar refractivity (Wildman–Crippen MR) is 73.0 cm³/mol. The topological polar surface area (TPSA) is 75.3 Å². The van der Waals surface area contributed by atoms with E-state index in [-0.39, 0.29) is 23.3 Å². The Labute approximate surface area is 110 Å². The molecule has 1 saturated carbocycles. The summed E-state index contributed by atoms with van der Waals surface area (Å²) in [6, 6.07) is -0.0153. The highest BCUT2D eigenvalue weighted by atomic mass is 16.3. The first kappa shape index (κ1) is 15.4. The molecule has 0 saturated heterocycles. The molecule has 0 heterocycles. The van der Waals surface area contributed by atoms with Crippen LogP contribution in [0.25, 0.3) is 0 Å². The molecule has 0 aromatic carbocycles. The van der Waals surface area contributed by atoms with E-state index in [1.165, 1.54) is 0 Å². The van der Waals surface area contributed by atoms with Gasteiger partial charge in [-0.05, 0) is 24.7 Å². The van der Waals surface area contributed by atoms with Crippen LogP contribution < -0.4 is 11.1 Å². The fourth-order valence-corrected chi connectivity index (χ4v) is 2.61. The molecule has 0 aromatic heterocycles. The number of hydrogen-bond acceptors (Lipinski definition) is 3. The Morgan fingerprint density at radius 2 is 2.00 bits per heavy atom. The monoisotopic (exact) mass is 256 g/mol. The molecule has 1 aliphatic carbocycles. The number of hydrogen-bond donors (Lipinski definition) is 3. The standard InChI is InChI=1S/C14H28N2O2/c1-14(2,3)8-10(17)9-16-13(18)11-6-4-5-7-12(11)15/h10-12,17H,4-9,15H2,1-3H3,(H,16,18). The van der Waals surface area contributed by atoms with Crippen LogP contribution in [0.2, 0.25) is 0 Å². The number of amides is 1. The van der Waals surface area contributed by atoms with E-state index in [9.17, 15) is 9.90 Å². The number of carbonyl (C=O) groups is 1. The molecule has 18 heavy (non-hydrogen) atoms. The van der Waals surface area contributed by atoms with Gasteiger partial charge in [0.1, 0.15) is 0 Å². The Bertz CT molecular complexity index is 273. The summed E-state index contributed by atoms with van der Waals surface area (Å²) in [5.41, 5.74) is 6.04. The highest BCUT2D eigenvalue weighted by molar-refractivity contribution is 5.79. The summed E-state index contributed by atoms with van der Waals surface area (Å²) in [6.45, 7) is 6.57. The molecule has 1 fully saturated rings. The number of aliphatic hydroxyl groups excluding tert-OH is 1. The van der Waals surface area contributed by atoms with Crippen LogP contribution in [0, 0.1) is 11.3 Å². The Balaban J connectivity index is 2.32. The molecular formula is C14H28N2O2. The third-order valence-corrected chi connectivity index (χ3v) is 3.52. The van der Waals surface area contributed by atoms with Crippen molar-refractivity contribution in [2.24, 2.45) is 17.1 Å². The Kier molecular flexibility index (Phi) is 5.60. The second kappa shape index (κ2) is 6.53. The largest absolute Gasteiger partial charge is 0.391 e. The summed E-state index contributed by atoms with van der Waals surface area (Å²) in [7, 11) is 0. The number of aliphatic hydroxyl groups is 1. The van der Waals surface area contributed by atoms with Crippen LogP contribution in [-0.4, -0.2) is 29.7 Å². The minimum absolute atomic E-state index is 0.00941. The predicted octanol–water partition coefficient (Wildman–Crippen LogP) is 1.42. The van der Waals surface area contributed by atoms with Gasteiger partial charge in [-0.25, -0.2) is 0 Å². The van der Waals surface area contributed by atoms with Gasteiger partial charge in [-0.1, -0.05) is 33.6 Å². The summed E-state index contributed by atoms with van der Waals surface area (Å²) in [5, 5.41) is 12.7. The molecule has 3 atom stereocenters. The maximum absolute atomic E-state index is 12.0. The lowest BCUT2D eigenvalue weighted by atomic mass is 9.84. The van der Waals surface area contributed by atoms with Crippen molar-refractivity contribution in [3.63, 3.8) is 0 Å². The molecule has 1 rings (SSSR count). The zero-order chi connectivity index (χ0) is 13.8. The Hall–Kier alpha value is -0.610. The van der Waals surface area contributed by atoms with Crippen molar-refractivity contribution in [2.75, 3.05) is 6.54 Å². The van der Waals surface area contributed by atoms with Gasteiger partial charge in [-0.3, -0.25) is 4.79 Å². The maximum Gasteiger partial charge on any atom is 0.224 e. The molecule has 106 valence electrons. The first-order chi connectivity index (χ1) is 8.29. The first-order valence-electron chi connectivity index (χ1n) is 7.01. The van der Waals surface area contributed by atoms with E-state index in [1.54, 1.807) is 0 Å². The minimum atomic E-state index is -0.478. The highest BCUT2D eigenvalue weighted by Crippen LogP contribution is 2.23. The van der Waals surface area contributed by atoms with Crippen LogP contribution in [0.3, 0.4) is 0 Å². The molecule has 0 radical (unpaired) electrons. The van der Waals surface area contributed by atoms with Crippen LogP contribution in [0.15, 0.2) is 0 Å². The molecule has 0 aliphatic heterocycles. The van der Waals surface area contributed by atoms with E-state index in [4.69, 9.17) is 5.73 Å². The van der Waals surface area contributed by atoms with Gasteiger partial charge in [-0.15, -0.1) is 0 Å². The minimum Gasteiger partial charge on any atom is -0.391 e. The second-order valence-corrected chi connectivity index (χ2v) is 6.72. The van der Waals surface area contributed by atoms with Gasteiger partial charge in [0.2, 0.25) is 5.91 Å². The lowest BCUT2D eigenvalue weighted by Gasteiger charge is -2.28. The summed E-state index contributed by atoms with van der Waals surface area (Å²) >= 11 is 0. The van der Waals surface area contributed by atoms with E-state index < -0.39 is 6.10 Å². The fraction of sp³-hybridized carbons (Fsp3) is 0.929. The SMILES string of the molecule is CC(C)(C)CC(O)CNC(=O)C1CCCCC1N. The summed E-state index contributed by atoms with van der Waals surface area (Å²) in [5.74, 6) is -0.0595. The third-order valence-electron chi connectivity index (χ3n) is 3.52. The van der Waals surface area contributed by atoms with E-state index in [0.717, 1.165) is 25.7 Å². The van der Waals surface area contributed by atoms with E-state index in [0.29, 0.717) is 13.0 Å². The van der Waals surface area contributed by atoms with Crippen molar-refractivity contribution in [1.29, 1.82) is 0 Å². The van der Waals surface area contributed by atoms with Crippen molar-refractivity contribution < 1.29 is 9.90 Å². The van der Waals surface area contributed by atoms with Crippen molar-refractivity contribution in [3.8, 4) is 0 Å². The summed E-state index contributed by atoms with van der Waals surface area (Å²) in [4.78, 5) is 12.0. The number of carbonyl (C=O) groups excluding carboxylic acids is 1. The quantitative estimate of drug-likeness (QED) is 0.712. The van der Waals surface area contributed by atoms with E-state index >= 15 is 0 Å². The molecule has 4 N–H and O–H groups in total. The molecule has 0 bridgehead atoms. The van der Waals surface area contributed by atoms with Crippen molar-refractivity contribution in [2.45, 2.75) is 65.0 Å². The zero-order valence-electron chi connectivity index (χ0n) is 11.9. The Morgan fingerprint density at radius 1 is 1.39 bits per heavy atom.